The predicted octanol–water partition coefficient (Wildman–Crippen LogP) is 2.66. The normalized spacial score (nSPS) is 20.3. The van der Waals surface area contributed by atoms with E-state index >= 15 is 0 Å². The molecule has 2 N–H and O–H groups in total. The van der Waals surface area contributed by atoms with Crippen molar-refractivity contribution in [2.75, 3.05) is 18.9 Å². The summed E-state index contributed by atoms with van der Waals surface area (Å²) in [7, 11) is -3.59. The predicted molar refractivity (Wildman–Crippen MR) is 118 cm³/mol. The van der Waals surface area contributed by atoms with Crippen molar-refractivity contribution in [3.63, 3.8) is 0 Å². The molecule has 0 bridgehead atoms. The number of hydrogen-bond acceptors (Lipinski definition) is 5. The van der Waals surface area contributed by atoms with Crippen LogP contribution in [0.25, 0.3) is 0 Å². The van der Waals surface area contributed by atoms with E-state index in [9.17, 15) is 22.4 Å². The van der Waals surface area contributed by atoms with E-state index in [0.717, 1.165) is 0 Å². The summed E-state index contributed by atoms with van der Waals surface area (Å²) in [5.41, 5.74) is -0.0363. The Kier molecular flexibility index (Phi) is 7.24. The average molecular weight is 468 g/mol. The zero-order chi connectivity index (χ0) is 23.5. The summed E-state index contributed by atoms with van der Waals surface area (Å²) in [6, 6.07) is 3.49. The van der Waals surface area contributed by atoms with E-state index in [-0.39, 0.29) is 36.3 Å². The minimum atomic E-state index is -3.59. The highest BCUT2D eigenvalue weighted by atomic mass is 32.2. The van der Waals surface area contributed by atoms with Gasteiger partial charge in [-0.25, -0.2) is 22.3 Å². The van der Waals surface area contributed by atoms with E-state index in [0.29, 0.717) is 25.0 Å². The highest BCUT2D eigenvalue weighted by molar-refractivity contribution is 7.89. The van der Waals surface area contributed by atoms with Crippen LogP contribution in [0.5, 0.6) is 5.75 Å². The van der Waals surface area contributed by atoms with Crippen LogP contribution in [-0.2, 0) is 20.4 Å². The summed E-state index contributed by atoms with van der Waals surface area (Å²) in [6.07, 6.45) is 4.88. The number of imide groups is 1. The molecule has 0 unspecified atom stereocenters. The molecule has 10 heteroatoms. The first-order valence-corrected chi connectivity index (χ1v) is 12.4. The number of benzene rings is 1. The number of halogens is 1. The molecule has 1 aliphatic carbocycles. The SMILES string of the molecule is CC(C)COc1cc(C2(NS(=O)(=O)CC/C=C/CN3C(=O)NC(=O)[C@@H]3C)CC2)ccc1F. The zero-order valence-electron chi connectivity index (χ0n) is 18.6. The third kappa shape index (κ3) is 5.86. The van der Waals surface area contributed by atoms with Crippen molar-refractivity contribution in [1.82, 2.24) is 14.9 Å². The molecule has 1 atom stereocenters. The van der Waals surface area contributed by atoms with Crippen molar-refractivity contribution in [3.05, 3.63) is 41.7 Å². The fourth-order valence-corrected chi connectivity index (χ4v) is 4.93. The van der Waals surface area contributed by atoms with Crippen LogP contribution in [-0.4, -0.2) is 50.2 Å². The van der Waals surface area contributed by atoms with Crippen molar-refractivity contribution in [2.45, 2.75) is 51.6 Å². The monoisotopic (exact) mass is 467 g/mol. The molecule has 1 aromatic carbocycles. The van der Waals surface area contributed by atoms with E-state index < -0.39 is 33.5 Å². The molecule has 1 aliphatic heterocycles. The van der Waals surface area contributed by atoms with E-state index in [1.807, 2.05) is 13.8 Å². The van der Waals surface area contributed by atoms with Gasteiger partial charge in [-0.05, 0) is 49.8 Å². The third-order valence-electron chi connectivity index (χ3n) is 5.52. The molecule has 1 heterocycles. The summed E-state index contributed by atoms with van der Waals surface area (Å²) in [6.45, 7) is 6.16. The lowest BCUT2D eigenvalue weighted by Gasteiger charge is -2.19. The molecule has 0 aromatic heterocycles. The zero-order valence-corrected chi connectivity index (χ0v) is 19.4. The first-order chi connectivity index (χ1) is 15.0. The van der Waals surface area contributed by atoms with Crippen molar-refractivity contribution in [1.29, 1.82) is 0 Å². The summed E-state index contributed by atoms with van der Waals surface area (Å²) in [5, 5.41) is 2.23. The van der Waals surface area contributed by atoms with E-state index in [2.05, 4.69) is 10.0 Å². The molecule has 1 saturated heterocycles. The highest BCUT2D eigenvalue weighted by Gasteiger charge is 2.47. The number of nitrogens with zero attached hydrogens (tertiary/aromatic N) is 1. The Morgan fingerprint density at radius 3 is 2.62 bits per heavy atom. The lowest BCUT2D eigenvalue weighted by Crippen LogP contribution is -2.36. The average Bonchev–Trinajstić information content (AvgIpc) is 3.43. The maximum Gasteiger partial charge on any atom is 0.325 e. The summed E-state index contributed by atoms with van der Waals surface area (Å²) in [4.78, 5) is 24.5. The Hall–Kier alpha value is -2.46. The van der Waals surface area contributed by atoms with Gasteiger partial charge in [0.1, 0.15) is 6.04 Å². The molecule has 2 aliphatic rings. The lowest BCUT2D eigenvalue weighted by molar-refractivity contribution is -0.120. The van der Waals surface area contributed by atoms with Gasteiger partial charge in [-0.3, -0.25) is 10.1 Å². The Morgan fingerprint density at radius 1 is 1.31 bits per heavy atom. The van der Waals surface area contributed by atoms with Crippen LogP contribution >= 0.6 is 0 Å². The van der Waals surface area contributed by atoms with Gasteiger partial charge in [-0.15, -0.1) is 0 Å². The smallest absolute Gasteiger partial charge is 0.325 e. The minimum Gasteiger partial charge on any atom is -0.490 e. The number of carbonyl (C=O) groups is 2. The van der Waals surface area contributed by atoms with Gasteiger partial charge in [-0.2, -0.15) is 0 Å². The molecule has 3 rings (SSSR count). The number of amides is 3. The van der Waals surface area contributed by atoms with Crippen LogP contribution in [0.4, 0.5) is 9.18 Å². The molecule has 2 fully saturated rings. The first kappa shape index (κ1) is 24.2. The van der Waals surface area contributed by atoms with Crippen LogP contribution < -0.4 is 14.8 Å². The third-order valence-corrected chi connectivity index (χ3v) is 6.99. The molecule has 176 valence electrons. The summed E-state index contributed by atoms with van der Waals surface area (Å²) < 4.78 is 47.6. The van der Waals surface area contributed by atoms with E-state index in [4.69, 9.17) is 4.74 Å². The Bertz CT molecular complexity index is 1000. The number of nitrogens with one attached hydrogen (secondary N) is 2. The fraction of sp³-hybridized carbons (Fsp3) is 0.545. The topological polar surface area (TPSA) is 105 Å². The molecular formula is C22H30FN3O5S. The Labute approximate surface area is 188 Å². The number of urea groups is 1. The quantitative estimate of drug-likeness (QED) is 0.385. The second kappa shape index (κ2) is 9.58. The van der Waals surface area contributed by atoms with Crippen LogP contribution in [0.2, 0.25) is 0 Å². The van der Waals surface area contributed by atoms with Crippen molar-refractivity contribution in [3.8, 4) is 5.75 Å². The van der Waals surface area contributed by atoms with Gasteiger partial charge < -0.3 is 9.64 Å². The maximum absolute atomic E-state index is 14.1. The van der Waals surface area contributed by atoms with Gasteiger partial charge in [-0.1, -0.05) is 32.1 Å². The van der Waals surface area contributed by atoms with Crippen LogP contribution in [0, 0.1) is 11.7 Å². The minimum absolute atomic E-state index is 0.121. The summed E-state index contributed by atoms with van der Waals surface area (Å²) >= 11 is 0. The van der Waals surface area contributed by atoms with Gasteiger partial charge in [0, 0.05) is 6.54 Å². The lowest BCUT2D eigenvalue weighted by atomic mass is 10.1. The van der Waals surface area contributed by atoms with Crippen molar-refractivity contribution >= 4 is 22.0 Å². The van der Waals surface area contributed by atoms with Gasteiger partial charge in [0.2, 0.25) is 10.0 Å². The first-order valence-electron chi connectivity index (χ1n) is 10.7. The molecule has 32 heavy (non-hydrogen) atoms. The van der Waals surface area contributed by atoms with E-state index in [1.54, 1.807) is 31.2 Å². The Morgan fingerprint density at radius 2 is 2.03 bits per heavy atom. The van der Waals surface area contributed by atoms with E-state index in [1.165, 1.54) is 11.0 Å². The second-order valence-corrected chi connectivity index (χ2v) is 10.6. The molecule has 0 spiro atoms. The number of rotatable bonds is 11. The second-order valence-electron chi connectivity index (χ2n) is 8.74. The number of sulfonamides is 1. The van der Waals surface area contributed by atoms with Gasteiger partial charge in [0.25, 0.3) is 5.91 Å². The number of allylic oxidation sites excluding steroid dienone is 1. The van der Waals surface area contributed by atoms with Crippen LogP contribution in [0.1, 0.15) is 45.6 Å². The standard InChI is InChI=1S/C22H30FN3O5S/c1-15(2)14-31-19-13-17(7-8-18(19)23)22(9-10-22)25-32(29,30)12-6-4-5-11-26-16(3)20(27)24-21(26)28/h4-5,7-8,13,15-16,25H,6,9-12,14H2,1-3H3,(H,24,27,28)/b5-4+/t16-/m0/s1. The van der Waals surface area contributed by atoms with Gasteiger partial charge in [0.15, 0.2) is 11.6 Å². The largest absolute Gasteiger partial charge is 0.490 e. The number of carbonyl (C=O) groups excluding carboxylic acids is 2. The van der Waals surface area contributed by atoms with Gasteiger partial charge >= 0.3 is 6.03 Å². The van der Waals surface area contributed by atoms with Crippen LogP contribution in [0.3, 0.4) is 0 Å². The molecule has 3 amide bonds. The number of hydrogen-bond donors (Lipinski definition) is 2. The van der Waals surface area contributed by atoms with Gasteiger partial charge in [0.05, 0.1) is 17.9 Å². The molecule has 0 radical (unpaired) electrons. The summed E-state index contributed by atoms with van der Waals surface area (Å²) in [5.74, 6) is -0.570. The molecular weight excluding hydrogens is 437 g/mol. The molecule has 1 saturated carbocycles. The maximum atomic E-state index is 14.1. The Balaban J connectivity index is 1.55. The van der Waals surface area contributed by atoms with Crippen LogP contribution in [0.15, 0.2) is 30.4 Å². The molecule has 1 aromatic rings. The van der Waals surface area contributed by atoms with Crippen molar-refractivity contribution < 1.29 is 27.1 Å². The fourth-order valence-electron chi connectivity index (χ4n) is 3.46. The number of ether oxygens (including phenoxy) is 1. The highest BCUT2D eigenvalue weighted by Crippen LogP contribution is 2.47. The van der Waals surface area contributed by atoms with Crippen molar-refractivity contribution in [2.24, 2.45) is 5.92 Å². The molecule has 8 nitrogen and oxygen atoms in total.